The van der Waals surface area contributed by atoms with Gasteiger partial charge < -0.3 is 4.74 Å². The van der Waals surface area contributed by atoms with E-state index in [9.17, 15) is 4.79 Å². The Morgan fingerprint density at radius 2 is 2.11 bits per heavy atom. The minimum atomic E-state index is 0.0487. The van der Waals surface area contributed by atoms with Crippen molar-refractivity contribution in [3.8, 4) is 5.75 Å². The molecule has 5 heteroatoms. The molecule has 2 heterocycles. The van der Waals surface area contributed by atoms with Crippen LogP contribution < -0.4 is 4.74 Å². The summed E-state index contributed by atoms with van der Waals surface area (Å²) in [7, 11) is 1.67. The highest BCUT2D eigenvalue weighted by atomic mass is 32.2. The third kappa shape index (κ3) is 5.57. The van der Waals surface area contributed by atoms with Crippen LogP contribution in [0.3, 0.4) is 0 Å². The van der Waals surface area contributed by atoms with Crippen LogP contribution in [0.4, 0.5) is 0 Å². The number of rotatable bonds is 9. The van der Waals surface area contributed by atoms with E-state index < -0.39 is 0 Å². The van der Waals surface area contributed by atoms with Gasteiger partial charge in [-0.1, -0.05) is 31.6 Å². The van der Waals surface area contributed by atoms with Crippen LogP contribution in [-0.4, -0.2) is 17.9 Å². The number of allylic oxidation sites excluding steroid dienone is 1. The van der Waals surface area contributed by atoms with Gasteiger partial charge in [-0.25, -0.2) is 4.98 Å². The van der Waals surface area contributed by atoms with Gasteiger partial charge in [0.1, 0.15) is 5.75 Å². The Morgan fingerprint density at radius 3 is 2.86 bits per heavy atom. The van der Waals surface area contributed by atoms with E-state index >= 15 is 0 Å². The van der Waals surface area contributed by atoms with Crippen molar-refractivity contribution in [2.45, 2.75) is 30.5 Å². The normalized spacial score (nSPS) is 11.1. The molecular weight excluding hydrogens is 386 g/mol. The fourth-order valence-electron chi connectivity index (χ4n) is 2.74. The number of carbonyl (C=O) groups is 1. The number of aryl methyl sites for hydroxylation is 1. The molecule has 0 amide bonds. The average Bonchev–Trinajstić information content (AvgIpc) is 3.20. The van der Waals surface area contributed by atoms with Crippen LogP contribution in [0.15, 0.2) is 65.8 Å². The van der Waals surface area contributed by atoms with E-state index in [-0.39, 0.29) is 5.78 Å². The topological polar surface area (TPSA) is 39.2 Å². The Morgan fingerprint density at radius 1 is 1.21 bits per heavy atom. The van der Waals surface area contributed by atoms with E-state index in [1.54, 1.807) is 42.5 Å². The average molecular weight is 410 g/mol. The van der Waals surface area contributed by atoms with Crippen molar-refractivity contribution in [1.29, 1.82) is 0 Å². The molecule has 0 N–H and O–H groups in total. The zero-order chi connectivity index (χ0) is 19.8. The number of benzene rings is 1. The Kier molecular flexibility index (Phi) is 7.46. The van der Waals surface area contributed by atoms with E-state index in [1.165, 1.54) is 4.88 Å². The van der Waals surface area contributed by atoms with E-state index in [0.717, 1.165) is 45.4 Å². The van der Waals surface area contributed by atoms with Crippen LogP contribution in [0.25, 0.3) is 6.08 Å². The molecule has 0 bridgehead atoms. The molecular formula is C23H23NO2S2. The number of pyridine rings is 1. The molecule has 0 atom stereocenters. The molecule has 1 aromatic carbocycles. The summed E-state index contributed by atoms with van der Waals surface area (Å²) in [4.78, 5) is 18.8. The molecule has 0 aliphatic rings. The van der Waals surface area contributed by atoms with Gasteiger partial charge in [-0.05, 0) is 54.5 Å². The first-order valence-electron chi connectivity index (χ1n) is 9.21. The van der Waals surface area contributed by atoms with Gasteiger partial charge in [-0.2, -0.15) is 0 Å². The van der Waals surface area contributed by atoms with Crippen LogP contribution in [-0.2, 0) is 12.2 Å². The number of hydrogen-bond acceptors (Lipinski definition) is 5. The Hall–Kier alpha value is -2.37. The van der Waals surface area contributed by atoms with Crippen molar-refractivity contribution in [1.82, 2.24) is 4.98 Å². The molecule has 3 aromatic rings. The van der Waals surface area contributed by atoms with Crippen molar-refractivity contribution >= 4 is 35.0 Å². The summed E-state index contributed by atoms with van der Waals surface area (Å²) in [5, 5.41) is 0.973. The van der Waals surface area contributed by atoms with E-state index in [1.807, 2.05) is 42.5 Å². The lowest BCUT2D eigenvalue weighted by Crippen LogP contribution is -1.93. The van der Waals surface area contributed by atoms with Crippen LogP contribution >= 0.6 is 23.1 Å². The Labute approximate surface area is 174 Å². The summed E-state index contributed by atoms with van der Waals surface area (Å²) in [6.07, 6.45) is 7.43. The third-order valence-electron chi connectivity index (χ3n) is 4.15. The molecule has 0 aliphatic heterocycles. The lowest BCUT2D eigenvalue weighted by Gasteiger charge is -2.09. The SMILES string of the molecule is CCCc1ccc(C(=O)/C=C/c2ccc(OC)c(CSc3ccccn3)c2)s1. The maximum atomic E-state index is 12.4. The van der Waals surface area contributed by atoms with Crippen molar-refractivity contribution in [3.05, 3.63) is 81.7 Å². The van der Waals surface area contributed by atoms with Gasteiger partial charge in [0, 0.05) is 22.4 Å². The number of ketones is 1. The summed E-state index contributed by atoms with van der Waals surface area (Å²) in [5.74, 6) is 1.64. The highest BCUT2D eigenvalue weighted by molar-refractivity contribution is 7.98. The quantitative estimate of drug-likeness (QED) is 0.236. The van der Waals surface area contributed by atoms with Gasteiger partial charge in [-0.3, -0.25) is 4.79 Å². The van der Waals surface area contributed by atoms with Crippen LogP contribution in [0.5, 0.6) is 5.75 Å². The summed E-state index contributed by atoms with van der Waals surface area (Å²) < 4.78 is 5.49. The number of ether oxygens (including phenoxy) is 1. The number of carbonyl (C=O) groups excluding carboxylic acids is 1. The zero-order valence-corrected chi connectivity index (χ0v) is 17.7. The second-order valence-corrected chi connectivity index (χ2v) is 8.41. The number of hydrogen-bond donors (Lipinski definition) is 0. The molecule has 0 saturated carbocycles. The highest BCUT2D eigenvalue weighted by Crippen LogP contribution is 2.28. The first kappa shape index (κ1) is 20.4. The van der Waals surface area contributed by atoms with Gasteiger partial charge in [0.25, 0.3) is 0 Å². The van der Waals surface area contributed by atoms with Crippen LogP contribution in [0.2, 0.25) is 0 Å². The number of nitrogens with zero attached hydrogens (tertiary/aromatic N) is 1. The van der Waals surface area contributed by atoms with Crippen molar-refractivity contribution < 1.29 is 9.53 Å². The maximum absolute atomic E-state index is 12.4. The lowest BCUT2D eigenvalue weighted by molar-refractivity contribution is 0.105. The van der Waals surface area contributed by atoms with E-state index in [4.69, 9.17) is 4.74 Å². The summed E-state index contributed by atoms with van der Waals surface area (Å²) in [5.41, 5.74) is 2.06. The summed E-state index contributed by atoms with van der Waals surface area (Å²) in [6.45, 7) is 2.15. The van der Waals surface area contributed by atoms with Gasteiger partial charge in [0.15, 0.2) is 5.78 Å². The molecule has 0 radical (unpaired) electrons. The monoisotopic (exact) mass is 409 g/mol. The summed E-state index contributed by atoms with van der Waals surface area (Å²) >= 11 is 3.24. The largest absolute Gasteiger partial charge is 0.496 e. The third-order valence-corrected chi connectivity index (χ3v) is 6.30. The number of methoxy groups -OCH3 is 1. The van der Waals surface area contributed by atoms with Crippen molar-refractivity contribution in [3.63, 3.8) is 0 Å². The van der Waals surface area contributed by atoms with E-state index in [0.29, 0.717) is 0 Å². The lowest BCUT2D eigenvalue weighted by atomic mass is 10.1. The van der Waals surface area contributed by atoms with Gasteiger partial charge in [-0.15, -0.1) is 23.1 Å². The first-order valence-corrected chi connectivity index (χ1v) is 11.0. The van der Waals surface area contributed by atoms with Gasteiger partial charge >= 0.3 is 0 Å². The van der Waals surface area contributed by atoms with E-state index in [2.05, 4.69) is 24.0 Å². The molecule has 0 aliphatic carbocycles. The molecule has 144 valence electrons. The van der Waals surface area contributed by atoms with Crippen LogP contribution in [0, 0.1) is 0 Å². The smallest absolute Gasteiger partial charge is 0.195 e. The van der Waals surface area contributed by atoms with Crippen molar-refractivity contribution in [2.24, 2.45) is 0 Å². The molecule has 3 nitrogen and oxygen atoms in total. The molecule has 0 unspecified atom stereocenters. The molecule has 0 saturated heterocycles. The maximum Gasteiger partial charge on any atom is 0.195 e. The second kappa shape index (κ2) is 10.2. The van der Waals surface area contributed by atoms with Gasteiger partial charge in [0.2, 0.25) is 0 Å². The molecule has 3 rings (SSSR count). The molecule has 28 heavy (non-hydrogen) atoms. The molecule has 0 fully saturated rings. The Balaban J connectivity index is 1.70. The second-order valence-electron chi connectivity index (χ2n) is 6.24. The zero-order valence-electron chi connectivity index (χ0n) is 16.1. The molecule has 2 aromatic heterocycles. The molecule has 0 spiro atoms. The standard InChI is InChI=1S/C23H23NO2S2/c1-3-6-19-10-13-22(28-19)20(25)11-8-17-9-12-21(26-2)18(15-17)16-27-23-7-4-5-14-24-23/h4-5,7-15H,3,6,16H2,1-2H3/b11-8+. The number of thioether (sulfide) groups is 1. The predicted octanol–water partition coefficient (Wildman–Crippen LogP) is 6.29. The summed E-state index contributed by atoms with van der Waals surface area (Å²) in [6, 6.07) is 15.8. The minimum absolute atomic E-state index is 0.0487. The number of thiophene rings is 1. The minimum Gasteiger partial charge on any atom is -0.496 e. The first-order chi connectivity index (χ1) is 13.7. The van der Waals surface area contributed by atoms with Gasteiger partial charge in [0.05, 0.1) is 17.0 Å². The fourth-order valence-corrected chi connectivity index (χ4v) is 4.61. The van der Waals surface area contributed by atoms with Crippen molar-refractivity contribution in [2.75, 3.05) is 7.11 Å². The predicted molar refractivity (Wildman–Crippen MR) is 118 cm³/mol. The Bertz CT molecular complexity index is 948. The number of aromatic nitrogens is 1. The highest BCUT2D eigenvalue weighted by Gasteiger charge is 2.08. The fraction of sp³-hybridized carbons (Fsp3) is 0.217. The van der Waals surface area contributed by atoms with Crippen LogP contribution in [0.1, 0.15) is 39.0 Å².